The molecule has 25 heavy (non-hydrogen) atoms. The molecule has 128 valence electrons. The number of aromatic nitrogens is 1. The number of oxazole rings is 1. The van der Waals surface area contributed by atoms with E-state index in [1.54, 1.807) is 13.0 Å². The Labute approximate surface area is 158 Å². The average molecular weight is 422 g/mol. The number of benzene rings is 2. The van der Waals surface area contributed by atoms with Crippen LogP contribution in [0.5, 0.6) is 0 Å². The summed E-state index contributed by atoms with van der Waals surface area (Å²) in [5, 5.41) is 3.14. The van der Waals surface area contributed by atoms with Gasteiger partial charge in [-0.1, -0.05) is 45.7 Å². The highest BCUT2D eigenvalue weighted by Crippen LogP contribution is 2.29. The predicted octanol–water partition coefficient (Wildman–Crippen LogP) is 6.07. The fourth-order valence-electron chi connectivity index (χ4n) is 2.30. The van der Waals surface area contributed by atoms with E-state index in [-0.39, 0.29) is 0 Å². The Morgan fingerprint density at radius 3 is 2.68 bits per heavy atom. The van der Waals surface area contributed by atoms with Crippen molar-refractivity contribution in [3.63, 3.8) is 0 Å². The Kier molecular flexibility index (Phi) is 5.40. The van der Waals surface area contributed by atoms with Gasteiger partial charge in [-0.05, 0) is 37.3 Å². The molecule has 0 spiro atoms. The molecule has 1 aromatic heterocycles. The summed E-state index contributed by atoms with van der Waals surface area (Å²) in [6.07, 6.45) is 0.126. The van der Waals surface area contributed by atoms with Gasteiger partial charge < -0.3 is 9.15 Å². The monoisotopic (exact) mass is 420 g/mol. The van der Waals surface area contributed by atoms with Crippen molar-refractivity contribution >= 4 is 39.4 Å². The Morgan fingerprint density at radius 1 is 1.24 bits per heavy atom. The van der Waals surface area contributed by atoms with Gasteiger partial charge in [0, 0.05) is 20.6 Å². The second kappa shape index (κ2) is 7.72. The van der Waals surface area contributed by atoms with E-state index in [4.69, 9.17) is 20.8 Å². The van der Waals surface area contributed by atoms with Crippen LogP contribution in [0.25, 0.3) is 11.3 Å². The van der Waals surface area contributed by atoms with Gasteiger partial charge in [-0.2, -0.15) is 4.98 Å². The molecule has 2 aromatic carbocycles. The van der Waals surface area contributed by atoms with Gasteiger partial charge in [0.05, 0.1) is 0 Å². The number of halogens is 2. The van der Waals surface area contributed by atoms with Crippen LogP contribution in [-0.2, 0) is 4.74 Å². The third-order valence-corrected chi connectivity index (χ3v) is 4.39. The van der Waals surface area contributed by atoms with E-state index in [2.05, 4.69) is 26.2 Å². The van der Waals surface area contributed by atoms with Crippen LogP contribution in [0.15, 0.2) is 63.8 Å². The van der Waals surface area contributed by atoms with Crippen molar-refractivity contribution in [1.29, 1.82) is 0 Å². The lowest BCUT2D eigenvalue weighted by Crippen LogP contribution is -2.16. The number of hydrogen-bond acceptors (Lipinski definition) is 4. The van der Waals surface area contributed by atoms with Crippen molar-refractivity contribution in [3.8, 4) is 11.3 Å². The minimum absolute atomic E-state index is 0.290. The zero-order valence-corrected chi connectivity index (χ0v) is 15.5. The average Bonchev–Trinajstić information content (AvgIpc) is 3.03. The molecule has 3 aromatic rings. The van der Waals surface area contributed by atoms with Crippen molar-refractivity contribution in [2.75, 3.05) is 5.32 Å². The van der Waals surface area contributed by atoms with Gasteiger partial charge in [-0.25, -0.2) is 4.79 Å². The Bertz CT molecular complexity index is 880. The molecular weight excluding hydrogens is 408 g/mol. The largest absolute Gasteiger partial charge is 0.441 e. The minimum Gasteiger partial charge on any atom is -0.441 e. The fraction of sp³-hybridized carbons (Fsp3) is 0.111. The molecule has 0 bridgehead atoms. The summed E-state index contributed by atoms with van der Waals surface area (Å²) < 4.78 is 11.7. The van der Waals surface area contributed by atoms with Gasteiger partial charge in [-0.15, -0.1) is 0 Å². The molecule has 1 N–H and O–H groups in total. The molecule has 0 fully saturated rings. The van der Waals surface area contributed by atoms with Crippen molar-refractivity contribution in [3.05, 3.63) is 70.0 Å². The number of rotatable bonds is 4. The zero-order valence-electron chi connectivity index (χ0n) is 13.2. The SMILES string of the molecule is CC(OC(=O)Nc1ncoc1-c1ccc(Br)cc1)c1ccccc1Cl. The van der Waals surface area contributed by atoms with E-state index in [9.17, 15) is 4.79 Å². The molecule has 0 saturated heterocycles. The van der Waals surface area contributed by atoms with Crippen molar-refractivity contribution in [2.45, 2.75) is 13.0 Å². The molecule has 1 heterocycles. The maximum absolute atomic E-state index is 12.2. The third kappa shape index (κ3) is 4.21. The third-order valence-electron chi connectivity index (χ3n) is 3.52. The molecule has 0 aliphatic carbocycles. The summed E-state index contributed by atoms with van der Waals surface area (Å²) in [5.74, 6) is 0.744. The summed E-state index contributed by atoms with van der Waals surface area (Å²) in [5.41, 5.74) is 1.52. The first-order chi connectivity index (χ1) is 12.0. The van der Waals surface area contributed by atoms with E-state index in [0.717, 1.165) is 15.6 Å². The van der Waals surface area contributed by atoms with Crippen LogP contribution in [0.4, 0.5) is 10.6 Å². The zero-order chi connectivity index (χ0) is 17.8. The molecular formula is C18H14BrClN2O3. The van der Waals surface area contributed by atoms with Crippen LogP contribution in [-0.4, -0.2) is 11.1 Å². The van der Waals surface area contributed by atoms with E-state index in [0.29, 0.717) is 16.6 Å². The Morgan fingerprint density at radius 2 is 1.96 bits per heavy atom. The first-order valence-electron chi connectivity index (χ1n) is 7.46. The lowest BCUT2D eigenvalue weighted by Gasteiger charge is -2.15. The normalized spacial score (nSPS) is 11.8. The molecule has 5 nitrogen and oxygen atoms in total. The highest BCUT2D eigenvalue weighted by molar-refractivity contribution is 9.10. The maximum Gasteiger partial charge on any atom is 0.413 e. The van der Waals surface area contributed by atoms with Gasteiger partial charge in [-0.3, -0.25) is 5.32 Å². The quantitative estimate of drug-likeness (QED) is 0.555. The molecule has 0 radical (unpaired) electrons. The Balaban J connectivity index is 1.71. The van der Waals surface area contributed by atoms with Crippen LogP contribution in [0.2, 0.25) is 5.02 Å². The van der Waals surface area contributed by atoms with Crippen LogP contribution in [0.1, 0.15) is 18.6 Å². The summed E-state index contributed by atoms with van der Waals surface area (Å²) in [6, 6.07) is 14.7. The number of nitrogens with one attached hydrogen (secondary N) is 1. The number of ether oxygens (including phenoxy) is 1. The van der Waals surface area contributed by atoms with Crippen LogP contribution in [0.3, 0.4) is 0 Å². The van der Waals surface area contributed by atoms with E-state index in [1.807, 2.05) is 42.5 Å². The van der Waals surface area contributed by atoms with Crippen LogP contribution < -0.4 is 5.32 Å². The van der Waals surface area contributed by atoms with Gasteiger partial charge in [0.2, 0.25) is 0 Å². The molecule has 0 aliphatic rings. The number of hydrogen-bond donors (Lipinski definition) is 1. The first-order valence-corrected chi connectivity index (χ1v) is 8.63. The topological polar surface area (TPSA) is 64.4 Å². The maximum atomic E-state index is 12.2. The highest BCUT2D eigenvalue weighted by Gasteiger charge is 2.18. The molecule has 1 atom stereocenters. The molecule has 0 aliphatic heterocycles. The van der Waals surface area contributed by atoms with E-state index < -0.39 is 12.2 Å². The smallest absolute Gasteiger partial charge is 0.413 e. The number of amides is 1. The first kappa shape index (κ1) is 17.5. The number of nitrogens with zero attached hydrogens (tertiary/aromatic N) is 1. The molecule has 1 amide bonds. The molecule has 3 rings (SSSR count). The highest BCUT2D eigenvalue weighted by atomic mass is 79.9. The number of carbonyl (C=O) groups excluding carboxylic acids is 1. The van der Waals surface area contributed by atoms with Gasteiger partial charge in [0.1, 0.15) is 6.10 Å². The molecule has 1 unspecified atom stereocenters. The summed E-state index contributed by atoms with van der Waals surface area (Å²) in [7, 11) is 0. The van der Waals surface area contributed by atoms with E-state index >= 15 is 0 Å². The fourth-order valence-corrected chi connectivity index (χ4v) is 2.85. The predicted molar refractivity (Wildman–Crippen MR) is 99.6 cm³/mol. The second-order valence-electron chi connectivity index (χ2n) is 5.23. The number of carbonyl (C=O) groups is 1. The van der Waals surface area contributed by atoms with Crippen LogP contribution in [0, 0.1) is 0 Å². The number of anilines is 1. The summed E-state index contributed by atoms with van der Waals surface area (Å²) >= 11 is 9.50. The second-order valence-corrected chi connectivity index (χ2v) is 6.55. The van der Waals surface area contributed by atoms with E-state index in [1.165, 1.54) is 6.39 Å². The van der Waals surface area contributed by atoms with Crippen LogP contribution >= 0.6 is 27.5 Å². The lowest BCUT2D eigenvalue weighted by atomic mass is 10.1. The minimum atomic E-state index is -0.639. The summed E-state index contributed by atoms with van der Waals surface area (Å²) in [6.45, 7) is 1.75. The van der Waals surface area contributed by atoms with Crippen molar-refractivity contribution in [2.24, 2.45) is 0 Å². The Hall–Kier alpha value is -2.31. The van der Waals surface area contributed by atoms with Gasteiger partial charge >= 0.3 is 6.09 Å². The molecule has 7 heteroatoms. The van der Waals surface area contributed by atoms with Crippen molar-refractivity contribution < 1.29 is 13.9 Å². The van der Waals surface area contributed by atoms with Crippen molar-refractivity contribution in [1.82, 2.24) is 4.98 Å². The van der Waals surface area contributed by atoms with Gasteiger partial charge in [0.25, 0.3) is 0 Å². The molecule has 0 saturated carbocycles. The van der Waals surface area contributed by atoms with Gasteiger partial charge in [0.15, 0.2) is 18.0 Å². The lowest BCUT2D eigenvalue weighted by molar-refractivity contribution is 0.121. The summed E-state index contributed by atoms with van der Waals surface area (Å²) in [4.78, 5) is 16.2. The standard InChI is InChI=1S/C18H14BrClN2O3/c1-11(14-4-2-3-5-15(14)20)25-18(23)22-17-16(24-10-21-17)12-6-8-13(19)9-7-12/h2-11H,1H3,(H,22,23).